The van der Waals surface area contributed by atoms with Crippen molar-refractivity contribution in [2.75, 3.05) is 25.5 Å². The number of hydrogen-bond donors (Lipinski definition) is 1. The fourth-order valence-corrected chi connectivity index (χ4v) is 6.15. The zero-order valence-corrected chi connectivity index (χ0v) is 21.0. The fourth-order valence-electron chi connectivity index (χ4n) is 3.63. The van der Waals surface area contributed by atoms with Crippen LogP contribution in [0.4, 0.5) is 5.13 Å². The Morgan fingerprint density at radius 1 is 1.15 bits per heavy atom. The first-order chi connectivity index (χ1) is 15.4. The highest BCUT2D eigenvalue weighted by Gasteiger charge is 2.24. The van der Waals surface area contributed by atoms with E-state index < -0.39 is 10.0 Å². The molecule has 0 bridgehead atoms. The summed E-state index contributed by atoms with van der Waals surface area (Å²) in [5.41, 5.74) is 2.36. The van der Waals surface area contributed by atoms with Crippen LogP contribution in [0.25, 0.3) is 0 Å². The Labute approximate surface area is 204 Å². The number of anilines is 1. The quantitative estimate of drug-likeness (QED) is 0.523. The van der Waals surface area contributed by atoms with Crippen LogP contribution in [0.15, 0.2) is 59.5 Å². The van der Waals surface area contributed by atoms with Gasteiger partial charge in [0, 0.05) is 43.0 Å². The zero-order chi connectivity index (χ0) is 22.7. The number of nitrogens with one attached hydrogen (secondary N) is 1. The summed E-state index contributed by atoms with van der Waals surface area (Å²) in [6.45, 7) is 4.26. The summed E-state index contributed by atoms with van der Waals surface area (Å²) in [4.78, 5) is 20.8. The molecule has 7 nitrogen and oxygen atoms in total. The van der Waals surface area contributed by atoms with Crippen molar-refractivity contribution in [3.05, 3.63) is 76.3 Å². The van der Waals surface area contributed by atoms with E-state index in [0.717, 1.165) is 30.8 Å². The number of carbonyl (C=O) groups excluding carboxylic acids is 1. The lowest BCUT2D eigenvalue weighted by Gasteiger charge is -2.20. The van der Waals surface area contributed by atoms with Crippen molar-refractivity contribution in [3.63, 3.8) is 0 Å². The van der Waals surface area contributed by atoms with Crippen LogP contribution in [0.3, 0.4) is 0 Å². The molecule has 10 heteroatoms. The number of rotatable bonds is 7. The molecule has 1 aliphatic rings. The maximum atomic E-state index is 13.1. The molecular weight excluding hydrogens is 480 g/mol. The minimum absolute atomic E-state index is 0. The Bertz CT molecular complexity index is 1200. The summed E-state index contributed by atoms with van der Waals surface area (Å²) in [5.74, 6) is -0.301. The summed E-state index contributed by atoms with van der Waals surface area (Å²) in [6.07, 6.45) is 0.877. The van der Waals surface area contributed by atoms with Gasteiger partial charge in [-0.2, -0.15) is 4.31 Å². The zero-order valence-electron chi connectivity index (χ0n) is 18.5. The van der Waals surface area contributed by atoms with Gasteiger partial charge in [0.05, 0.1) is 10.6 Å². The van der Waals surface area contributed by atoms with Gasteiger partial charge in [-0.25, -0.2) is 13.4 Å². The van der Waals surface area contributed by atoms with Crippen LogP contribution in [-0.4, -0.2) is 48.7 Å². The number of amides is 1. The molecule has 1 N–H and O–H groups in total. The molecule has 3 aromatic rings. The predicted octanol–water partition coefficient (Wildman–Crippen LogP) is 4.02. The van der Waals surface area contributed by atoms with Crippen LogP contribution in [-0.2, 0) is 29.5 Å². The van der Waals surface area contributed by atoms with E-state index in [0.29, 0.717) is 23.8 Å². The molecule has 0 saturated heterocycles. The van der Waals surface area contributed by atoms with E-state index in [1.165, 1.54) is 32.7 Å². The van der Waals surface area contributed by atoms with Crippen molar-refractivity contribution >= 4 is 44.8 Å². The van der Waals surface area contributed by atoms with Gasteiger partial charge < -0.3 is 4.90 Å². The van der Waals surface area contributed by atoms with Crippen LogP contribution in [0, 0.1) is 0 Å². The fraction of sp³-hybridized carbons (Fsp3) is 0.304. The summed E-state index contributed by atoms with van der Waals surface area (Å²) in [7, 11) is -1.61. The minimum Gasteiger partial charge on any atom is -0.301 e. The number of hydrogen-bond acceptors (Lipinski definition) is 6. The van der Waals surface area contributed by atoms with Crippen LogP contribution in [0.1, 0.15) is 33.4 Å². The molecule has 1 aliphatic heterocycles. The number of fused-ring (bicyclic) bond motifs is 1. The molecular formula is C23H27ClN4O3S2. The smallest absolute Gasteiger partial charge is 0.257 e. The van der Waals surface area contributed by atoms with Gasteiger partial charge in [0.15, 0.2) is 5.13 Å². The number of carbonyl (C=O) groups is 1. The van der Waals surface area contributed by atoms with Crippen LogP contribution < -0.4 is 5.32 Å². The Hall–Kier alpha value is -2.30. The van der Waals surface area contributed by atoms with E-state index in [9.17, 15) is 13.2 Å². The number of aromatic nitrogens is 1. The van der Waals surface area contributed by atoms with Crippen molar-refractivity contribution < 1.29 is 13.2 Å². The summed E-state index contributed by atoms with van der Waals surface area (Å²) in [6, 6.07) is 15.5. The van der Waals surface area contributed by atoms with Crippen molar-refractivity contribution in [2.45, 2.75) is 31.3 Å². The highest BCUT2D eigenvalue weighted by atomic mass is 35.5. The van der Waals surface area contributed by atoms with E-state index >= 15 is 0 Å². The van der Waals surface area contributed by atoms with Crippen LogP contribution in [0.2, 0.25) is 0 Å². The number of likely N-dealkylation sites (N-methyl/N-ethyl adjacent to an activating group) is 1. The molecule has 33 heavy (non-hydrogen) atoms. The van der Waals surface area contributed by atoms with E-state index in [-0.39, 0.29) is 23.2 Å². The van der Waals surface area contributed by atoms with Gasteiger partial charge in [0.25, 0.3) is 5.91 Å². The van der Waals surface area contributed by atoms with E-state index in [2.05, 4.69) is 22.2 Å². The Kier molecular flexibility index (Phi) is 8.25. The van der Waals surface area contributed by atoms with Gasteiger partial charge in [0.2, 0.25) is 10.0 Å². The predicted molar refractivity (Wildman–Crippen MR) is 134 cm³/mol. The third kappa shape index (κ3) is 5.80. The first-order valence-corrected chi connectivity index (χ1v) is 12.7. The number of benzene rings is 2. The third-order valence-corrected chi connectivity index (χ3v) is 8.38. The molecule has 0 aliphatic carbocycles. The molecule has 0 saturated carbocycles. The first kappa shape index (κ1) is 25.3. The lowest BCUT2D eigenvalue weighted by Crippen LogP contribution is -2.30. The lowest BCUT2D eigenvalue weighted by molar-refractivity contribution is 0.102. The maximum absolute atomic E-state index is 13.1. The summed E-state index contributed by atoms with van der Waals surface area (Å²) >= 11 is 1.49. The van der Waals surface area contributed by atoms with Crippen molar-refractivity contribution in [1.82, 2.24) is 14.2 Å². The van der Waals surface area contributed by atoms with Gasteiger partial charge in [-0.05, 0) is 36.9 Å². The molecule has 0 fully saturated rings. The van der Waals surface area contributed by atoms with Gasteiger partial charge in [-0.1, -0.05) is 37.3 Å². The second-order valence-corrected chi connectivity index (χ2v) is 10.8. The third-order valence-electron chi connectivity index (χ3n) is 5.45. The van der Waals surface area contributed by atoms with Crippen molar-refractivity contribution in [1.29, 1.82) is 0 Å². The maximum Gasteiger partial charge on any atom is 0.257 e. The summed E-state index contributed by atoms with van der Waals surface area (Å²) < 4.78 is 27.6. The van der Waals surface area contributed by atoms with E-state index in [1.807, 2.05) is 37.3 Å². The molecule has 2 aromatic carbocycles. The molecule has 0 radical (unpaired) electrons. The normalized spacial score (nSPS) is 13.9. The first-order valence-electron chi connectivity index (χ1n) is 10.5. The van der Waals surface area contributed by atoms with E-state index in [4.69, 9.17) is 0 Å². The van der Waals surface area contributed by atoms with Gasteiger partial charge in [0.1, 0.15) is 0 Å². The van der Waals surface area contributed by atoms with E-state index in [1.54, 1.807) is 12.1 Å². The molecule has 1 aromatic heterocycles. The average Bonchev–Trinajstić information content (AvgIpc) is 3.19. The Balaban J connectivity index is 0.00000306. The van der Waals surface area contributed by atoms with Gasteiger partial charge in [-0.15, -0.1) is 23.7 Å². The number of sulfonamides is 1. The topological polar surface area (TPSA) is 82.6 Å². The Morgan fingerprint density at radius 3 is 2.52 bits per heavy atom. The lowest BCUT2D eigenvalue weighted by atomic mass is 10.2. The number of thiazole rings is 1. The summed E-state index contributed by atoms with van der Waals surface area (Å²) in [5, 5.41) is 3.42. The largest absolute Gasteiger partial charge is 0.301 e. The average molecular weight is 507 g/mol. The minimum atomic E-state index is -3.67. The second kappa shape index (κ2) is 10.8. The molecule has 0 spiro atoms. The molecule has 1 amide bonds. The molecule has 176 valence electrons. The molecule has 0 atom stereocenters. The number of nitrogens with zero attached hydrogens (tertiary/aromatic N) is 3. The standard InChI is InChI=1S/C23H26N4O3S2.ClH/c1-3-27(15-17-7-5-4-6-8-17)32(29,30)19-11-9-18(10-12-19)22(28)25-23-24-20-13-14-26(2)16-21(20)31-23;/h4-12H,3,13-16H2,1-2H3,(H,24,25,28);1H. The van der Waals surface area contributed by atoms with Gasteiger partial charge >= 0.3 is 0 Å². The molecule has 2 heterocycles. The monoisotopic (exact) mass is 506 g/mol. The van der Waals surface area contributed by atoms with Crippen LogP contribution in [0.5, 0.6) is 0 Å². The highest BCUT2D eigenvalue weighted by Crippen LogP contribution is 2.28. The SMILES string of the molecule is CCN(Cc1ccccc1)S(=O)(=O)c1ccc(C(=O)Nc2nc3c(s2)CN(C)CC3)cc1.Cl. The Morgan fingerprint density at radius 2 is 1.85 bits per heavy atom. The highest BCUT2D eigenvalue weighted by molar-refractivity contribution is 7.89. The van der Waals surface area contributed by atoms with Crippen LogP contribution >= 0.6 is 23.7 Å². The van der Waals surface area contributed by atoms with Crippen molar-refractivity contribution in [2.24, 2.45) is 0 Å². The van der Waals surface area contributed by atoms with Crippen molar-refractivity contribution in [3.8, 4) is 0 Å². The number of halogens is 1. The molecule has 0 unspecified atom stereocenters. The molecule has 4 rings (SSSR count). The van der Waals surface area contributed by atoms with Gasteiger partial charge in [-0.3, -0.25) is 10.1 Å². The second-order valence-electron chi connectivity index (χ2n) is 7.77.